The summed E-state index contributed by atoms with van der Waals surface area (Å²) in [6.07, 6.45) is 1.78. The van der Waals surface area contributed by atoms with Crippen LogP contribution in [0.3, 0.4) is 0 Å². The number of aromatic carboxylic acids is 1. The average Bonchev–Trinajstić information content (AvgIpc) is 2.41. The Bertz CT molecular complexity index is 469. The molecule has 89 valence electrons. The fraction of sp³-hybridized carbons (Fsp3) is 0. The summed E-state index contributed by atoms with van der Waals surface area (Å²) in [4.78, 5) is 20.1. The minimum absolute atomic E-state index is 0. The fourth-order valence-corrected chi connectivity index (χ4v) is 1.09. The van der Waals surface area contributed by atoms with Gasteiger partial charge in [0.15, 0.2) is 0 Å². The smallest absolute Gasteiger partial charge is 0.335 e. The van der Waals surface area contributed by atoms with E-state index in [9.17, 15) is 9.59 Å². The molecule has 0 aliphatic carbocycles. The first-order valence-electron chi connectivity index (χ1n) is 4.95. The standard InChI is InChI=1S/C7H6O2.C7H5O.La/c8-7(9)6-4-2-1-3-5-6;8-6-7-4-2-1-3-5-7;/h1-5H,(H,8,9);1-5H;/q;-1;. The Kier molecular flexibility index (Phi) is 9.10. The zero-order chi connectivity index (χ0) is 12.5. The van der Waals surface area contributed by atoms with Gasteiger partial charge in [0.25, 0.3) is 0 Å². The molecule has 0 amide bonds. The van der Waals surface area contributed by atoms with Crippen LogP contribution in [-0.2, 0) is 4.79 Å². The molecule has 0 bridgehead atoms. The van der Waals surface area contributed by atoms with Crippen molar-refractivity contribution in [1.29, 1.82) is 0 Å². The first-order chi connectivity index (χ1) is 8.24. The van der Waals surface area contributed by atoms with Crippen LogP contribution < -0.4 is 0 Å². The maximum Gasteiger partial charge on any atom is 0.335 e. The Hall–Kier alpha value is -1.23. The van der Waals surface area contributed by atoms with Crippen molar-refractivity contribution in [2.24, 2.45) is 0 Å². The van der Waals surface area contributed by atoms with Crippen molar-refractivity contribution < 1.29 is 50.3 Å². The van der Waals surface area contributed by atoms with Crippen LogP contribution in [-0.4, -0.2) is 17.4 Å². The second-order valence-electron chi connectivity index (χ2n) is 3.14. The molecule has 3 nitrogen and oxygen atoms in total. The maximum atomic E-state index is 10.2. The molecule has 0 aliphatic heterocycles. The molecule has 0 heterocycles. The summed E-state index contributed by atoms with van der Waals surface area (Å²) in [6.45, 7) is 0. The minimum atomic E-state index is -0.879. The fourth-order valence-electron chi connectivity index (χ4n) is 1.09. The molecule has 2 rings (SSSR count). The van der Waals surface area contributed by atoms with Crippen molar-refractivity contribution in [1.82, 2.24) is 0 Å². The quantitative estimate of drug-likeness (QED) is 0.832. The predicted molar refractivity (Wildman–Crippen MR) is 64.6 cm³/mol. The van der Waals surface area contributed by atoms with E-state index in [4.69, 9.17) is 5.11 Å². The van der Waals surface area contributed by atoms with Crippen LogP contribution in [0.5, 0.6) is 0 Å². The van der Waals surface area contributed by atoms with Gasteiger partial charge in [0.05, 0.1) is 11.8 Å². The second-order valence-corrected chi connectivity index (χ2v) is 3.14. The molecule has 2 aromatic rings. The van der Waals surface area contributed by atoms with Crippen LogP contribution in [0.15, 0.2) is 60.7 Å². The molecule has 0 aliphatic rings. The topological polar surface area (TPSA) is 54.4 Å². The van der Waals surface area contributed by atoms with Gasteiger partial charge >= 0.3 is 5.97 Å². The maximum absolute atomic E-state index is 10.2. The molecule has 0 saturated heterocycles. The first-order valence-corrected chi connectivity index (χ1v) is 4.95. The van der Waals surface area contributed by atoms with Gasteiger partial charge < -0.3 is 9.90 Å². The van der Waals surface area contributed by atoms with Crippen LogP contribution in [0.4, 0.5) is 0 Å². The predicted octanol–water partition coefficient (Wildman–Crippen LogP) is 2.53. The Morgan fingerprint density at radius 3 is 1.61 bits per heavy atom. The van der Waals surface area contributed by atoms with E-state index in [1.807, 2.05) is 6.07 Å². The van der Waals surface area contributed by atoms with Crippen LogP contribution in [0, 0.1) is 35.6 Å². The molecule has 0 fully saturated rings. The van der Waals surface area contributed by atoms with Crippen molar-refractivity contribution in [2.75, 3.05) is 0 Å². The molecular formula is C14H11LaO3-. The van der Waals surface area contributed by atoms with E-state index in [2.05, 4.69) is 0 Å². The van der Waals surface area contributed by atoms with E-state index >= 15 is 0 Å². The van der Waals surface area contributed by atoms with E-state index in [0.717, 1.165) is 0 Å². The Morgan fingerprint density at radius 1 is 0.889 bits per heavy atom. The third-order valence-electron chi connectivity index (χ3n) is 1.91. The summed E-state index contributed by atoms with van der Waals surface area (Å²) in [5, 5.41) is 8.38. The largest absolute Gasteiger partial charge is 0.478 e. The number of rotatable bonds is 2. The normalized spacial score (nSPS) is 8.22. The summed E-state index contributed by atoms with van der Waals surface area (Å²) in [6, 6.07) is 17.2. The zero-order valence-corrected chi connectivity index (χ0v) is 13.2. The van der Waals surface area contributed by atoms with Crippen molar-refractivity contribution in [2.45, 2.75) is 0 Å². The van der Waals surface area contributed by atoms with E-state index in [1.165, 1.54) is 0 Å². The van der Waals surface area contributed by atoms with Gasteiger partial charge in [0.1, 0.15) is 0 Å². The SMILES string of the molecule is O=C(O)c1ccccc1.O=[C-]c1ccccc1.[La]. The molecule has 0 spiro atoms. The number of hydrogen-bond donors (Lipinski definition) is 1. The number of carbonyl (C=O) groups is 1. The molecule has 0 saturated carbocycles. The molecule has 2 aromatic carbocycles. The van der Waals surface area contributed by atoms with Gasteiger partial charge in [-0.25, -0.2) is 4.79 Å². The number of carboxylic acid groups (broad SMARTS) is 1. The van der Waals surface area contributed by atoms with Crippen LogP contribution >= 0.6 is 0 Å². The van der Waals surface area contributed by atoms with Crippen molar-refractivity contribution in [3.63, 3.8) is 0 Å². The number of carboxylic acids is 1. The molecular weight excluding hydrogens is 355 g/mol. The van der Waals surface area contributed by atoms with E-state index in [-0.39, 0.29) is 35.6 Å². The first kappa shape index (κ1) is 16.8. The molecule has 1 radical (unpaired) electrons. The van der Waals surface area contributed by atoms with Crippen molar-refractivity contribution in [3.8, 4) is 0 Å². The zero-order valence-electron chi connectivity index (χ0n) is 9.61. The Morgan fingerprint density at radius 2 is 1.33 bits per heavy atom. The average molecular weight is 366 g/mol. The summed E-state index contributed by atoms with van der Waals surface area (Å²) in [7, 11) is 0. The van der Waals surface area contributed by atoms with Crippen molar-refractivity contribution in [3.05, 3.63) is 71.8 Å². The number of hydrogen-bond acceptors (Lipinski definition) is 2. The van der Waals surface area contributed by atoms with Gasteiger partial charge in [0.2, 0.25) is 0 Å². The van der Waals surface area contributed by atoms with Gasteiger partial charge in [-0.15, -0.1) is 12.1 Å². The Labute approximate surface area is 133 Å². The third-order valence-corrected chi connectivity index (χ3v) is 1.91. The third kappa shape index (κ3) is 6.50. The Balaban J connectivity index is 0.000000306. The van der Waals surface area contributed by atoms with Gasteiger partial charge in [-0.05, 0) is 12.1 Å². The van der Waals surface area contributed by atoms with E-state index < -0.39 is 5.97 Å². The summed E-state index contributed by atoms with van der Waals surface area (Å²) >= 11 is 0. The monoisotopic (exact) mass is 366 g/mol. The number of carbonyl (C=O) groups excluding carboxylic acids is 1. The van der Waals surface area contributed by atoms with Crippen molar-refractivity contribution >= 4 is 12.3 Å². The summed E-state index contributed by atoms with van der Waals surface area (Å²) < 4.78 is 0. The van der Waals surface area contributed by atoms with Gasteiger partial charge in [-0.3, -0.25) is 0 Å². The van der Waals surface area contributed by atoms with Crippen LogP contribution in [0.25, 0.3) is 0 Å². The van der Waals surface area contributed by atoms with Gasteiger partial charge in [-0.2, -0.15) is 17.7 Å². The summed E-state index contributed by atoms with van der Waals surface area (Å²) in [5.41, 5.74) is 0.935. The molecule has 0 aromatic heterocycles. The molecule has 4 heteroatoms. The second kappa shape index (κ2) is 9.77. The molecule has 0 atom stereocenters. The van der Waals surface area contributed by atoms with E-state index in [1.54, 1.807) is 60.9 Å². The number of benzene rings is 2. The molecule has 18 heavy (non-hydrogen) atoms. The summed E-state index contributed by atoms with van der Waals surface area (Å²) in [5.74, 6) is -0.879. The van der Waals surface area contributed by atoms with Gasteiger partial charge in [0, 0.05) is 35.6 Å². The molecule has 0 unspecified atom stereocenters. The van der Waals surface area contributed by atoms with Crippen LogP contribution in [0.1, 0.15) is 15.9 Å². The van der Waals surface area contributed by atoms with Gasteiger partial charge in [-0.1, -0.05) is 24.3 Å². The van der Waals surface area contributed by atoms with E-state index in [0.29, 0.717) is 11.1 Å². The molecule has 1 N–H and O–H groups in total. The minimum Gasteiger partial charge on any atom is -0.478 e. The van der Waals surface area contributed by atoms with Crippen LogP contribution in [0.2, 0.25) is 0 Å².